The molecule has 0 saturated carbocycles. The van der Waals surface area contributed by atoms with E-state index < -0.39 is 0 Å². The first-order chi connectivity index (χ1) is 5.72. The Labute approximate surface area is 78.7 Å². The van der Waals surface area contributed by atoms with Gasteiger partial charge in [0.15, 0.2) is 0 Å². The van der Waals surface area contributed by atoms with Crippen LogP contribution in [0, 0.1) is 0 Å². The fraction of sp³-hybridized carbons (Fsp3) is 0.500. The summed E-state index contributed by atoms with van der Waals surface area (Å²) in [6, 6.07) is 0. The monoisotopic (exact) mass is 168 g/mol. The van der Waals surface area contributed by atoms with Gasteiger partial charge in [0.05, 0.1) is 0 Å². The third kappa shape index (κ3) is 35.0. The third-order valence-corrected chi connectivity index (χ3v) is 0.703. The first kappa shape index (κ1) is 17.3. The van der Waals surface area contributed by atoms with Crippen LogP contribution in [0.4, 0.5) is 0 Å². The van der Waals surface area contributed by atoms with Crippen LogP contribution in [-0.4, -0.2) is 0 Å². The summed E-state index contributed by atoms with van der Waals surface area (Å²) in [7, 11) is 0. The Kier molecular flexibility index (Phi) is 32.5. The van der Waals surface area contributed by atoms with Crippen LogP contribution in [0.15, 0.2) is 37.0 Å². The topological polar surface area (TPSA) is 0 Å². The summed E-state index contributed by atoms with van der Waals surface area (Å²) in [5.74, 6) is 0. The average Bonchev–Trinajstić information content (AvgIpc) is 2.10. The lowest BCUT2D eigenvalue weighted by molar-refractivity contribution is 1.09. The predicted molar refractivity (Wildman–Crippen MR) is 61.5 cm³/mol. The molecule has 0 nitrogen and oxygen atoms in total. The number of rotatable bonds is 2. The highest BCUT2D eigenvalue weighted by Crippen LogP contribution is 1.90. The summed E-state index contributed by atoms with van der Waals surface area (Å²) in [6.07, 6.45) is 6.70. The Balaban J connectivity index is -0.000000137. The lowest BCUT2D eigenvalue weighted by Crippen LogP contribution is -1.58. The Morgan fingerprint density at radius 3 is 1.58 bits per heavy atom. The fourth-order valence-electron chi connectivity index (χ4n) is 0.254. The van der Waals surface area contributed by atoms with Crippen LogP contribution in [0.2, 0.25) is 0 Å². The summed E-state index contributed by atoms with van der Waals surface area (Å²) in [6.45, 7) is 17.3. The Hall–Kier alpha value is -0.780. The fourth-order valence-corrected chi connectivity index (χ4v) is 0.254. The zero-order chi connectivity index (χ0) is 10.4. The summed E-state index contributed by atoms with van der Waals surface area (Å²) in [5, 5.41) is 0. The van der Waals surface area contributed by atoms with E-state index in [0.717, 1.165) is 5.57 Å². The second-order valence-corrected chi connectivity index (χ2v) is 2.06. The second-order valence-electron chi connectivity index (χ2n) is 2.06. The van der Waals surface area contributed by atoms with Gasteiger partial charge in [0.1, 0.15) is 0 Å². The van der Waals surface area contributed by atoms with Crippen LogP contribution in [0.25, 0.3) is 0 Å². The van der Waals surface area contributed by atoms with Gasteiger partial charge in [0.2, 0.25) is 0 Å². The van der Waals surface area contributed by atoms with Gasteiger partial charge in [0, 0.05) is 0 Å². The summed E-state index contributed by atoms with van der Waals surface area (Å²) in [4.78, 5) is 0. The highest BCUT2D eigenvalue weighted by molar-refractivity contribution is 5.17. The van der Waals surface area contributed by atoms with Crippen LogP contribution in [-0.2, 0) is 0 Å². The van der Waals surface area contributed by atoms with Gasteiger partial charge in [-0.3, -0.25) is 0 Å². The zero-order valence-electron chi connectivity index (χ0n) is 9.35. The maximum Gasteiger partial charge on any atom is -0.0398 e. The predicted octanol–water partition coefficient (Wildman–Crippen LogP) is 4.75. The van der Waals surface area contributed by atoms with E-state index in [9.17, 15) is 0 Å². The van der Waals surface area contributed by atoms with Gasteiger partial charge in [-0.15, -0.1) is 0 Å². The smallest absolute Gasteiger partial charge is 0.0398 e. The molecule has 0 radical (unpaired) electrons. The van der Waals surface area contributed by atoms with Crippen LogP contribution >= 0.6 is 0 Å². The van der Waals surface area contributed by atoms with E-state index in [1.165, 1.54) is 6.42 Å². The van der Waals surface area contributed by atoms with E-state index in [4.69, 9.17) is 0 Å². The lowest BCUT2D eigenvalue weighted by Gasteiger charge is -1.80. The first-order valence-corrected chi connectivity index (χ1v) is 4.64. The quantitative estimate of drug-likeness (QED) is 0.522. The molecule has 72 valence electrons. The van der Waals surface area contributed by atoms with Crippen molar-refractivity contribution in [3.8, 4) is 0 Å². The van der Waals surface area contributed by atoms with Gasteiger partial charge in [0.25, 0.3) is 0 Å². The van der Waals surface area contributed by atoms with Crippen LogP contribution in [0.1, 0.15) is 41.0 Å². The molecule has 0 aliphatic carbocycles. The van der Waals surface area contributed by atoms with Crippen LogP contribution in [0.5, 0.6) is 0 Å². The molecule has 0 aromatic carbocycles. The Bertz CT molecular complexity index is 107. The minimum Gasteiger partial charge on any atom is -0.0991 e. The van der Waals surface area contributed by atoms with E-state index in [-0.39, 0.29) is 0 Å². The van der Waals surface area contributed by atoms with Gasteiger partial charge >= 0.3 is 0 Å². The average molecular weight is 168 g/mol. The van der Waals surface area contributed by atoms with E-state index >= 15 is 0 Å². The Morgan fingerprint density at radius 1 is 1.17 bits per heavy atom. The highest BCUT2D eigenvalue weighted by atomic mass is 13.8. The maximum absolute atomic E-state index is 3.56. The van der Waals surface area contributed by atoms with Crippen molar-refractivity contribution >= 4 is 0 Å². The van der Waals surface area contributed by atoms with Gasteiger partial charge in [-0.2, -0.15) is 0 Å². The van der Waals surface area contributed by atoms with Crippen molar-refractivity contribution in [3.63, 3.8) is 0 Å². The van der Waals surface area contributed by atoms with E-state index in [1.54, 1.807) is 12.2 Å². The normalized spacial score (nSPS) is 8.25. The molecule has 0 heteroatoms. The van der Waals surface area contributed by atoms with Crippen molar-refractivity contribution in [3.05, 3.63) is 37.0 Å². The molecule has 0 saturated heterocycles. The lowest BCUT2D eigenvalue weighted by atomic mass is 10.3. The molecule has 0 unspecified atom stereocenters. The molecule has 12 heavy (non-hydrogen) atoms. The van der Waals surface area contributed by atoms with Crippen LogP contribution in [0.3, 0.4) is 0 Å². The third-order valence-electron chi connectivity index (χ3n) is 0.703. The van der Waals surface area contributed by atoms with E-state index in [2.05, 4.69) is 27.0 Å². The number of hydrogen-bond acceptors (Lipinski definition) is 0. The van der Waals surface area contributed by atoms with Crippen molar-refractivity contribution in [2.45, 2.75) is 41.0 Å². The summed E-state index contributed by atoms with van der Waals surface area (Å²) >= 11 is 0. The molecule has 0 aliphatic heterocycles. The second kappa shape index (κ2) is 22.5. The van der Waals surface area contributed by atoms with E-state index in [0.29, 0.717) is 0 Å². The van der Waals surface area contributed by atoms with E-state index in [1.807, 2.05) is 26.8 Å². The van der Waals surface area contributed by atoms with Crippen molar-refractivity contribution in [1.82, 2.24) is 0 Å². The van der Waals surface area contributed by atoms with Crippen LogP contribution < -0.4 is 0 Å². The molecule has 0 aromatic heterocycles. The van der Waals surface area contributed by atoms with Crippen molar-refractivity contribution in [1.29, 1.82) is 0 Å². The zero-order valence-corrected chi connectivity index (χ0v) is 9.35. The van der Waals surface area contributed by atoms with Gasteiger partial charge in [-0.25, -0.2) is 0 Å². The van der Waals surface area contributed by atoms with Crippen molar-refractivity contribution in [2.24, 2.45) is 0 Å². The highest BCUT2D eigenvalue weighted by Gasteiger charge is 1.68. The molecule has 0 spiro atoms. The van der Waals surface area contributed by atoms with Crippen molar-refractivity contribution < 1.29 is 0 Å². The molecule has 0 aromatic rings. The maximum atomic E-state index is 3.56. The number of hydrogen-bond donors (Lipinski definition) is 0. The molecule has 0 amide bonds. The SMILES string of the molecule is C=C/C=C(/C)C=C.CC.CCC. The molecule has 0 bridgehead atoms. The molecule has 0 heterocycles. The minimum atomic E-state index is 1.15. The number of allylic oxidation sites excluding steroid dienone is 4. The molecule has 0 N–H and O–H groups in total. The van der Waals surface area contributed by atoms with Crippen molar-refractivity contribution in [2.75, 3.05) is 0 Å². The molecule has 0 rings (SSSR count). The van der Waals surface area contributed by atoms with Gasteiger partial charge in [-0.1, -0.05) is 71.1 Å². The standard InChI is InChI=1S/C7H10.C3H8.C2H6/c1-4-6-7(3)5-2;1-3-2;1-2/h4-6H,1-2H2,3H3;3H2,1-2H3;1-2H3/b7-6-;;. The first-order valence-electron chi connectivity index (χ1n) is 4.64. The largest absolute Gasteiger partial charge is 0.0991 e. The van der Waals surface area contributed by atoms with Gasteiger partial charge < -0.3 is 0 Å². The minimum absolute atomic E-state index is 1.15. The molecular formula is C12H24. The molecule has 0 atom stereocenters. The molecule has 0 aliphatic rings. The summed E-state index contributed by atoms with van der Waals surface area (Å²) < 4.78 is 0. The molecule has 0 fully saturated rings. The summed E-state index contributed by atoms with van der Waals surface area (Å²) in [5.41, 5.74) is 1.15. The molecular weight excluding hydrogens is 144 g/mol. The Morgan fingerprint density at radius 2 is 1.50 bits per heavy atom. The van der Waals surface area contributed by atoms with Gasteiger partial charge in [-0.05, 0) is 6.92 Å².